The van der Waals surface area contributed by atoms with Crippen molar-refractivity contribution in [1.29, 1.82) is 0 Å². The minimum absolute atomic E-state index is 0.241. The predicted molar refractivity (Wildman–Crippen MR) is 57.2 cm³/mol. The fourth-order valence-electron chi connectivity index (χ4n) is 1.62. The molecule has 1 heterocycles. The Balaban J connectivity index is 2.20. The van der Waals surface area contributed by atoms with Crippen LogP contribution in [0.2, 0.25) is 0 Å². The Hall–Kier alpha value is -0.260. The number of ketones is 1. The van der Waals surface area contributed by atoms with Crippen LogP contribution in [0.5, 0.6) is 0 Å². The third kappa shape index (κ3) is 1.89. The number of aliphatic hydroxyl groups is 1. The third-order valence-corrected chi connectivity index (χ3v) is 4.25. The van der Waals surface area contributed by atoms with Crippen molar-refractivity contribution in [3.63, 3.8) is 0 Å². The van der Waals surface area contributed by atoms with E-state index in [0.29, 0.717) is 25.7 Å². The topological polar surface area (TPSA) is 50.2 Å². The molecule has 3 nitrogen and oxygen atoms in total. The van der Waals surface area contributed by atoms with Gasteiger partial charge in [-0.1, -0.05) is 0 Å². The van der Waals surface area contributed by atoms with E-state index in [4.69, 9.17) is 0 Å². The second-order valence-corrected chi connectivity index (χ2v) is 5.22. The van der Waals surface area contributed by atoms with Crippen molar-refractivity contribution in [3.8, 4) is 0 Å². The second-order valence-electron chi connectivity index (χ2n) is 3.55. The highest BCUT2D eigenvalue weighted by Gasteiger charge is 2.36. The number of hydrogen-bond acceptors (Lipinski definition) is 4. The lowest BCUT2D eigenvalue weighted by atomic mass is 9.85. The van der Waals surface area contributed by atoms with E-state index in [-0.39, 0.29) is 5.78 Å². The van der Waals surface area contributed by atoms with Crippen molar-refractivity contribution < 1.29 is 9.90 Å². The van der Waals surface area contributed by atoms with Gasteiger partial charge in [0, 0.05) is 18.2 Å². The summed E-state index contributed by atoms with van der Waals surface area (Å²) < 4.78 is 0.753. The molecule has 1 aromatic heterocycles. The molecule has 5 heteroatoms. The number of carbonyl (C=O) groups is 1. The van der Waals surface area contributed by atoms with E-state index in [9.17, 15) is 9.90 Å². The third-order valence-electron chi connectivity index (χ3n) is 2.51. The van der Waals surface area contributed by atoms with E-state index in [1.54, 1.807) is 0 Å². The summed E-state index contributed by atoms with van der Waals surface area (Å²) in [5.41, 5.74) is -0.870. The smallest absolute Gasteiger partial charge is 0.133 e. The van der Waals surface area contributed by atoms with E-state index in [1.165, 1.54) is 11.3 Å². The summed E-state index contributed by atoms with van der Waals surface area (Å²) in [6, 6.07) is 0. The van der Waals surface area contributed by atoms with Crippen molar-refractivity contribution in [3.05, 3.63) is 15.0 Å². The van der Waals surface area contributed by atoms with Crippen molar-refractivity contribution in [2.45, 2.75) is 31.3 Å². The number of halogens is 1. The molecule has 0 atom stereocenters. The van der Waals surface area contributed by atoms with Crippen LogP contribution in [0.1, 0.15) is 30.7 Å². The normalized spacial score (nSPS) is 21.1. The molecule has 0 saturated heterocycles. The molecule has 0 spiro atoms. The first-order valence-corrected chi connectivity index (χ1v) is 6.13. The first kappa shape index (κ1) is 10.3. The van der Waals surface area contributed by atoms with Crippen LogP contribution >= 0.6 is 27.3 Å². The summed E-state index contributed by atoms with van der Waals surface area (Å²) in [5.74, 6) is 0.241. The summed E-state index contributed by atoms with van der Waals surface area (Å²) in [6.07, 6.45) is 1.94. The quantitative estimate of drug-likeness (QED) is 0.855. The van der Waals surface area contributed by atoms with Gasteiger partial charge >= 0.3 is 0 Å². The molecule has 1 aromatic rings. The number of aromatic nitrogens is 1. The standard InChI is InChI=1S/C9H10BrNO2S/c10-7-5-14-8(11-7)9(13)3-1-6(12)2-4-9/h5,13H,1-4H2. The van der Waals surface area contributed by atoms with Crippen molar-refractivity contribution >= 4 is 33.0 Å². The van der Waals surface area contributed by atoms with Crippen LogP contribution in [-0.2, 0) is 10.4 Å². The minimum atomic E-state index is -0.870. The maximum absolute atomic E-state index is 11.0. The lowest BCUT2D eigenvalue weighted by molar-refractivity contribution is -0.125. The van der Waals surface area contributed by atoms with Gasteiger partial charge in [0.2, 0.25) is 0 Å². The van der Waals surface area contributed by atoms with Gasteiger partial charge in [0.1, 0.15) is 21.0 Å². The zero-order valence-corrected chi connectivity index (χ0v) is 9.90. The Morgan fingerprint density at radius 1 is 1.50 bits per heavy atom. The van der Waals surface area contributed by atoms with Crippen molar-refractivity contribution in [1.82, 2.24) is 4.98 Å². The Labute approximate surface area is 94.3 Å². The van der Waals surface area contributed by atoms with Crippen molar-refractivity contribution in [2.75, 3.05) is 0 Å². The maximum atomic E-state index is 11.0. The van der Waals surface area contributed by atoms with Gasteiger partial charge in [-0.15, -0.1) is 11.3 Å². The van der Waals surface area contributed by atoms with Crippen LogP contribution in [0, 0.1) is 0 Å². The van der Waals surface area contributed by atoms with E-state index in [1.807, 2.05) is 5.38 Å². The summed E-state index contributed by atoms with van der Waals surface area (Å²) in [6.45, 7) is 0. The van der Waals surface area contributed by atoms with Gasteiger partial charge in [-0.2, -0.15) is 0 Å². The molecule has 0 amide bonds. The zero-order chi connectivity index (χ0) is 10.2. The second kappa shape index (κ2) is 3.72. The molecule has 1 aliphatic rings. The van der Waals surface area contributed by atoms with Crippen LogP contribution < -0.4 is 0 Å². The van der Waals surface area contributed by atoms with Gasteiger partial charge < -0.3 is 5.11 Å². The Kier molecular flexibility index (Phi) is 2.72. The summed E-state index contributed by atoms with van der Waals surface area (Å²) in [5, 5.41) is 12.8. The molecule has 76 valence electrons. The molecule has 0 aromatic carbocycles. The lowest BCUT2D eigenvalue weighted by Gasteiger charge is -2.29. The van der Waals surface area contributed by atoms with E-state index < -0.39 is 5.60 Å². The van der Waals surface area contributed by atoms with Gasteiger partial charge in [-0.3, -0.25) is 4.79 Å². The van der Waals surface area contributed by atoms with Crippen LogP contribution in [-0.4, -0.2) is 15.9 Å². The zero-order valence-electron chi connectivity index (χ0n) is 7.49. The first-order chi connectivity index (χ1) is 6.60. The molecule has 1 N–H and O–H groups in total. The van der Waals surface area contributed by atoms with Gasteiger partial charge in [0.15, 0.2) is 0 Å². The number of hydrogen-bond donors (Lipinski definition) is 1. The molecule has 1 saturated carbocycles. The minimum Gasteiger partial charge on any atom is -0.383 e. The SMILES string of the molecule is O=C1CCC(O)(c2nc(Br)cs2)CC1. The Bertz CT molecular complexity index is 353. The molecular formula is C9H10BrNO2S. The molecule has 1 aliphatic carbocycles. The van der Waals surface area contributed by atoms with Gasteiger partial charge in [0.25, 0.3) is 0 Å². The summed E-state index contributed by atoms with van der Waals surface area (Å²) in [4.78, 5) is 15.3. The number of rotatable bonds is 1. The Morgan fingerprint density at radius 2 is 2.14 bits per heavy atom. The maximum Gasteiger partial charge on any atom is 0.133 e. The number of thiazole rings is 1. The predicted octanol–water partition coefficient (Wildman–Crippen LogP) is 2.24. The van der Waals surface area contributed by atoms with Gasteiger partial charge in [0.05, 0.1) is 0 Å². The molecule has 1 fully saturated rings. The largest absolute Gasteiger partial charge is 0.383 e. The van der Waals surface area contributed by atoms with Gasteiger partial charge in [-0.25, -0.2) is 4.98 Å². The molecule has 14 heavy (non-hydrogen) atoms. The first-order valence-electron chi connectivity index (χ1n) is 4.46. The molecule has 0 unspecified atom stereocenters. The summed E-state index contributed by atoms with van der Waals surface area (Å²) in [7, 11) is 0. The van der Waals surface area contributed by atoms with Gasteiger partial charge in [-0.05, 0) is 28.8 Å². The fraction of sp³-hybridized carbons (Fsp3) is 0.556. The van der Waals surface area contributed by atoms with E-state index in [0.717, 1.165) is 9.61 Å². The van der Waals surface area contributed by atoms with Crippen LogP contribution in [0.25, 0.3) is 0 Å². The average Bonchev–Trinajstić information content (AvgIpc) is 2.58. The van der Waals surface area contributed by atoms with Crippen LogP contribution in [0.3, 0.4) is 0 Å². The average molecular weight is 276 g/mol. The highest BCUT2D eigenvalue weighted by Crippen LogP contribution is 2.37. The monoisotopic (exact) mass is 275 g/mol. The number of nitrogens with zero attached hydrogens (tertiary/aromatic N) is 1. The highest BCUT2D eigenvalue weighted by atomic mass is 79.9. The highest BCUT2D eigenvalue weighted by molar-refractivity contribution is 9.10. The fourth-order valence-corrected chi connectivity index (χ4v) is 3.04. The molecule has 0 radical (unpaired) electrons. The number of carbonyl (C=O) groups excluding carboxylic acids is 1. The lowest BCUT2D eigenvalue weighted by Crippen LogP contribution is -2.31. The molecule has 2 rings (SSSR count). The van der Waals surface area contributed by atoms with Crippen molar-refractivity contribution in [2.24, 2.45) is 0 Å². The summed E-state index contributed by atoms with van der Waals surface area (Å²) >= 11 is 4.69. The number of Topliss-reactive ketones (excluding diaryl/α,β-unsaturated/α-hetero) is 1. The van der Waals surface area contributed by atoms with E-state index in [2.05, 4.69) is 20.9 Å². The Morgan fingerprint density at radius 3 is 2.64 bits per heavy atom. The molecular weight excluding hydrogens is 266 g/mol. The van der Waals surface area contributed by atoms with E-state index >= 15 is 0 Å². The molecule has 0 aliphatic heterocycles. The van der Waals surface area contributed by atoms with Crippen LogP contribution in [0.4, 0.5) is 0 Å². The van der Waals surface area contributed by atoms with Crippen LogP contribution in [0.15, 0.2) is 9.98 Å². The molecule has 0 bridgehead atoms.